The van der Waals surface area contributed by atoms with Crippen LogP contribution in [0.1, 0.15) is 11.1 Å². The summed E-state index contributed by atoms with van der Waals surface area (Å²) in [5.41, 5.74) is -0.461. The average Bonchev–Trinajstić information content (AvgIpc) is 3.00. The van der Waals surface area contributed by atoms with Crippen LogP contribution in [0.5, 0.6) is 0 Å². The fourth-order valence-electron chi connectivity index (χ4n) is 2.81. The molecule has 2 aromatic rings. The molecule has 0 unspecified atom stereocenters. The summed E-state index contributed by atoms with van der Waals surface area (Å²) in [5.74, 6) is -1.48. The third-order valence-electron chi connectivity index (χ3n) is 4.27. The van der Waals surface area contributed by atoms with E-state index in [0.717, 1.165) is 22.2 Å². The smallest absolute Gasteiger partial charge is 0.351 e. The zero-order valence-electron chi connectivity index (χ0n) is 16.1. The Kier molecular flexibility index (Phi) is 6.96. The van der Waals surface area contributed by atoms with E-state index in [1.165, 1.54) is 24.3 Å². The topological polar surface area (TPSA) is 66.5 Å². The Hall–Kier alpha value is -3.33. The van der Waals surface area contributed by atoms with Crippen molar-refractivity contribution in [1.82, 2.24) is 10.2 Å². The third kappa shape index (κ3) is 5.85. The molecule has 5 nitrogen and oxygen atoms in total. The Morgan fingerprint density at radius 3 is 2.23 bits per heavy atom. The highest BCUT2D eigenvalue weighted by atomic mass is 32.2. The van der Waals surface area contributed by atoms with E-state index in [2.05, 4.69) is 5.32 Å². The Bertz CT molecular complexity index is 1030. The van der Waals surface area contributed by atoms with E-state index in [-0.39, 0.29) is 23.6 Å². The van der Waals surface area contributed by atoms with Crippen LogP contribution in [-0.4, -0.2) is 41.2 Å². The fraction of sp³-hybridized carbons (Fsp3) is 0.136. The number of nitrogens with zero attached hydrogens (tertiary/aromatic N) is 1. The maximum absolute atomic E-state index is 13.3. The number of hydrogen-bond donors (Lipinski definition) is 1. The number of alkyl halides is 3. The number of benzene rings is 2. The molecule has 1 heterocycles. The molecule has 1 N–H and O–H groups in total. The third-order valence-corrected chi connectivity index (χ3v) is 5.18. The maximum Gasteiger partial charge on any atom is 0.417 e. The molecule has 0 saturated carbocycles. The molecule has 0 spiro atoms. The lowest BCUT2D eigenvalue weighted by Crippen LogP contribution is -2.37. The highest BCUT2D eigenvalue weighted by molar-refractivity contribution is 8.18. The highest BCUT2D eigenvalue weighted by Crippen LogP contribution is 2.34. The van der Waals surface area contributed by atoms with Gasteiger partial charge in [0.05, 0.1) is 10.5 Å². The molecule has 0 aromatic heterocycles. The minimum Gasteiger partial charge on any atom is -0.351 e. The van der Waals surface area contributed by atoms with Gasteiger partial charge in [-0.15, -0.1) is 0 Å². The van der Waals surface area contributed by atoms with Crippen LogP contribution in [-0.2, 0) is 9.59 Å². The van der Waals surface area contributed by atoms with Crippen LogP contribution in [0, 0.1) is 0 Å². The number of imide groups is 1. The number of nitrogens with one attached hydrogen (secondary N) is 1. The molecule has 0 bridgehead atoms. The van der Waals surface area contributed by atoms with Gasteiger partial charge in [-0.05, 0) is 29.0 Å². The summed E-state index contributed by atoms with van der Waals surface area (Å²) < 4.78 is 39.9. The van der Waals surface area contributed by atoms with Gasteiger partial charge in [0, 0.05) is 19.2 Å². The molecular formula is C22H17F3N2O3S. The number of carbonyl (C=O) groups is 3. The van der Waals surface area contributed by atoms with Gasteiger partial charge in [-0.2, -0.15) is 13.2 Å². The van der Waals surface area contributed by atoms with Gasteiger partial charge < -0.3 is 5.32 Å². The second-order valence-corrected chi connectivity index (χ2v) is 7.45. The molecule has 1 fully saturated rings. The Labute approximate surface area is 180 Å². The number of allylic oxidation sites excluding steroid dienone is 1. The standard InChI is InChI=1S/C22H17F3N2O3S/c23-22(24,25)17(16-9-5-2-6-10-16)14-19(28)26-11-12-27-20(29)18(31-21(27)30)13-15-7-3-1-4-8-15/h1-10,13-14H,11-12H2,(H,26,28)/b17-14+,18-13+. The van der Waals surface area contributed by atoms with Gasteiger partial charge in [-0.3, -0.25) is 19.3 Å². The van der Waals surface area contributed by atoms with E-state index in [1.54, 1.807) is 36.4 Å². The van der Waals surface area contributed by atoms with Crippen LogP contribution in [0.4, 0.5) is 18.0 Å². The van der Waals surface area contributed by atoms with Crippen molar-refractivity contribution in [3.63, 3.8) is 0 Å². The van der Waals surface area contributed by atoms with Crippen molar-refractivity contribution in [3.8, 4) is 0 Å². The van der Waals surface area contributed by atoms with Gasteiger partial charge in [0.15, 0.2) is 0 Å². The SMILES string of the molecule is O=C(/C=C(\c1ccccc1)C(F)(F)F)NCCN1C(=O)S/C(=C/c2ccccc2)C1=O. The molecule has 3 amide bonds. The lowest BCUT2D eigenvalue weighted by atomic mass is 10.1. The summed E-state index contributed by atoms with van der Waals surface area (Å²) >= 11 is 0.772. The van der Waals surface area contributed by atoms with Crippen LogP contribution in [0.2, 0.25) is 0 Å². The Morgan fingerprint density at radius 2 is 1.61 bits per heavy atom. The zero-order valence-corrected chi connectivity index (χ0v) is 16.9. The summed E-state index contributed by atoms with van der Waals surface area (Å²) in [4.78, 5) is 37.8. The van der Waals surface area contributed by atoms with Crippen LogP contribution in [0.3, 0.4) is 0 Å². The maximum atomic E-state index is 13.3. The van der Waals surface area contributed by atoms with Gasteiger partial charge in [-0.1, -0.05) is 60.7 Å². The van der Waals surface area contributed by atoms with Gasteiger partial charge in [0.2, 0.25) is 5.91 Å². The molecular weight excluding hydrogens is 429 g/mol. The molecule has 31 heavy (non-hydrogen) atoms. The molecule has 0 aliphatic carbocycles. The number of hydrogen-bond acceptors (Lipinski definition) is 4. The molecule has 3 rings (SSSR count). The number of amides is 3. The summed E-state index contributed by atoms with van der Waals surface area (Å²) in [6.45, 7) is -0.324. The number of carbonyl (C=O) groups excluding carboxylic acids is 3. The van der Waals surface area contributed by atoms with Gasteiger partial charge in [0.1, 0.15) is 0 Å². The van der Waals surface area contributed by atoms with Crippen molar-refractivity contribution >= 4 is 40.5 Å². The van der Waals surface area contributed by atoms with Crippen molar-refractivity contribution < 1.29 is 27.6 Å². The number of halogens is 3. The second-order valence-electron chi connectivity index (χ2n) is 6.46. The lowest BCUT2D eigenvalue weighted by molar-refractivity contribution is -0.123. The largest absolute Gasteiger partial charge is 0.417 e. The Balaban J connectivity index is 1.62. The molecule has 160 valence electrons. The monoisotopic (exact) mass is 446 g/mol. The van der Waals surface area contributed by atoms with Crippen LogP contribution < -0.4 is 5.32 Å². The van der Waals surface area contributed by atoms with Crippen molar-refractivity contribution in [2.45, 2.75) is 6.18 Å². The minimum atomic E-state index is -4.71. The minimum absolute atomic E-state index is 0.137. The number of rotatable bonds is 6. The molecule has 0 atom stereocenters. The molecule has 9 heteroatoms. The van der Waals surface area contributed by atoms with Gasteiger partial charge >= 0.3 is 6.18 Å². The summed E-state index contributed by atoms with van der Waals surface area (Å²) in [6, 6.07) is 15.9. The van der Waals surface area contributed by atoms with E-state index in [1.807, 2.05) is 6.07 Å². The predicted octanol–water partition coefficient (Wildman–Crippen LogP) is 4.49. The van der Waals surface area contributed by atoms with Crippen molar-refractivity contribution in [3.05, 3.63) is 82.8 Å². The van der Waals surface area contributed by atoms with E-state index in [9.17, 15) is 27.6 Å². The van der Waals surface area contributed by atoms with Gasteiger partial charge in [0.25, 0.3) is 11.1 Å². The highest BCUT2D eigenvalue weighted by Gasteiger charge is 2.36. The first-order chi connectivity index (χ1) is 14.8. The van der Waals surface area contributed by atoms with E-state index < -0.39 is 28.8 Å². The second kappa shape index (κ2) is 9.65. The summed E-state index contributed by atoms with van der Waals surface area (Å²) in [7, 11) is 0. The lowest BCUT2D eigenvalue weighted by Gasteiger charge is -2.14. The summed E-state index contributed by atoms with van der Waals surface area (Å²) in [6.07, 6.45) is -2.66. The Morgan fingerprint density at radius 1 is 1.00 bits per heavy atom. The summed E-state index contributed by atoms with van der Waals surface area (Å²) in [5, 5.41) is 1.79. The first-order valence-corrected chi connectivity index (χ1v) is 10.00. The van der Waals surface area contributed by atoms with Crippen LogP contribution in [0.25, 0.3) is 11.6 Å². The van der Waals surface area contributed by atoms with Crippen molar-refractivity contribution in [2.75, 3.05) is 13.1 Å². The quantitative estimate of drug-likeness (QED) is 0.665. The molecule has 0 radical (unpaired) electrons. The van der Waals surface area contributed by atoms with E-state index in [0.29, 0.717) is 6.08 Å². The average molecular weight is 446 g/mol. The first kappa shape index (κ1) is 22.4. The molecule has 1 aliphatic rings. The normalized spacial score (nSPS) is 16.2. The fourth-order valence-corrected chi connectivity index (χ4v) is 3.68. The van der Waals surface area contributed by atoms with Gasteiger partial charge in [-0.25, -0.2) is 0 Å². The van der Waals surface area contributed by atoms with Crippen LogP contribution in [0.15, 0.2) is 71.6 Å². The van der Waals surface area contributed by atoms with Crippen molar-refractivity contribution in [2.24, 2.45) is 0 Å². The molecule has 1 aliphatic heterocycles. The van der Waals surface area contributed by atoms with E-state index in [4.69, 9.17) is 0 Å². The molecule has 2 aromatic carbocycles. The number of thioether (sulfide) groups is 1. The molecule has 1 saturated heterocycles. The van der Waals surface area contributed by atoms with E-state index >= 15 is 0 Å². The van der Waals surface area contributed by atoms with Crippen molar-refractivity contribution in [1.29, 1.82) is 0 Å². The zero-order chi connectivity index (χ0) is 22.4. The van der Waals surface area contributed by atoms with Crippen LogP contribution >= 0.6 is 11.8 Å². The first-order valence-electron chi connectivity index (χ1n) is 9.18. The predicted molar refractivity (Wildman–Crippen MR) is 113 cm³/mol.